The van der Waals surface area contributed by atoms with Crippen molar-refractivity contribution < 1.29 is 0 Å². The summed E-state index contributed by atoms with van der Waals surface area (Å²) in [5.41, 5.74) is 1.42. The van der Waals surface area contributed by atoms with Crippen LogP contribution >= 0.6 is 0 Å². The Balaban J connectivity index is 2.46. The van der Waals surface area contributed by atoms with Crippen LogP contribution in [0.1, 0.15) is 45.9 Å². The normalized spacial score (nSPS) is 11.6. The summed E-state index contributed by atoms with van der Waals surface area (Å²) in [5.74, 6) is 1.08. The zero-order chi connectivity index (χ0) is 10.6. The number of aromatic nitrogens is 2. The van der Waals surface area contributed by atoms with Crippen molar-refractivity contribution in [2.75, 3.05) is 0 Å². The Morgan fingerprint density at radius 3 is 2.79 bits per heavy atom. The molecule has 1 rings (SSSR count). The molecule has 78 valence electrons. The Kier molecular flexibility index (Phi) is 3.50. The van der Waals surface area contributed by atoms with Crippen LogP contribution in [0.2, 0.25) is 0 Å². The summed E-state index contributed by atoms with van der Waals surface area (Å²) in [6.45, 7) is 10.5. The molecule has 0 saturated heterocycles. The SMILES string of the molecule is C=C(C)CCCC(C)(C)c1ncc[nH]1. The molecule has 0 aliphatic heterocycles. The maximum absolute atomic E-state index is 4.31. The van der Waals surface area contributed by atoms with Gasteiger partial charge in [-0.25, -0.2) is 4.98 Å². The van der Waals surface area contributed by atoms with Gasteiger partial charge in [-0.3, -0.25) is 0 Å². The number of aromatic amines is 1. The Hall–Kier alpha value is -1.05. The van der Waals surface area contributed by atoms with Gasteiger partial charge in [-0.1, -0.05) is 19.4 Å². The minimum Gasteiger partial charge on any atom is -0.348 e. The van der Waals surface area contributed by atoms with E-state index in [1.54, 1.807) is 0 Å². The predicted octanol–water partition coefficient (Wildman–Crippen LogP) is 3.43. The van der Waals surface area contributed by atoms with Crippen LogP contribution in [-0.2, 0) is 5.41 Å². The Morgan fingerprint density at radius 2 is 2.29 bits per heavy atom. The number of rotatable bonds is 5. The molecule has 0 aromatic carbocycles. The fourth-order valence-corrected chi connectivity index (χ4v) is 1.59. The average Bonchev–Trinajstić information content (AvgIpc) is 2.54. The van der Waals surface area contributed by atoms with Crippen molar-refractivity contribution in [2.45, 2.75) is 45.4 Å². The molecule has 0 saturated carbocycles. The number of imidazole rings is 1. The Bertz CT molecular complexity index is 283. The van der Waals surface area contributed by atoms with Crippen molar-refractivity contribution in [1.29, 1.82) is 0 Å². The van der Waals surface area contributed by atoms with Crippen LogP contribution in [0.3, 0.4) is 0 Å². The van der Waals surface area contributed by atoms with Gasteiger partial charge < -0.3 is 4.98 Å². The van der Waals surface area contributed by atoms with E-state index in [2.05, 4.69) is 37.3 Å². The summed E-state index contributed by atoms with van der Waals surface area (Å²) in [5, 5.41) is 0. The Morgan fingerprint density at radius 1 is 1.57 bits per heavy atom. The predicted molar refractivity (Wildman–Crippen MR) is 60.3 cm³/mol. The van der Waals surface area contributed by atoms with Crippen molar-refractivity contribution >= 4 is 0 Å². The van der Waals surface area contributed by atoms with Crippen molar-refractivity contribution in [3.8, 4) is 0 Å². The van der Waals surface area contributed by atoms with E-state index in [0.29, 0.717) is 0 Å². The van der Waals surface area contributed by atoms with Crippen LogP contribution in [0.15, 0.2) is 24.5 Å². The first-order valence-corrected chi connectivity index (χ1v) is 5.16. The second-order valence-corrected chi connectivity index (χ2v) is 4.63. The standard InChI is InChI=1S/C12H20N2/c1-10(2)6-5-7-12(3,4)11-13-8-9-14-11/h8-9H,1,5-7H2,2-4H3,(H,13,14). The number of nitrogens with one attached hydrogen (secondary N) is 1. The molecule has 1 aromatic rings. The van der Waals surface area contributed by atoms with Gasteiger partial charge in [-0.15, -0.1) is 6.58 Å². The zero-order valence-electron chi connectivity index (χ0n) is 9.43. The molecule has 0 aliphatic carbocycles. The van der Waals surface area contributed by atoms with Gasteiger partial charge in [0.25, 0.3) is 0 Å². The van der Waals surface area contributed by atoms with E-state index in [1.807, 2.05) is 12.4 Å². The number of nitrogens with zero attached hydrogens (tertiary/aromatic N) is 1. The van der Waals surface area contributed by atoms with E-state index in [1.165, 1.54) is 12.0 Å². The highest BCUT2D eigenvalue weighted by atomic mass is 14.9. The maximum atomic E-state index is 4.31. The Labute approximate surface area is 86.5 Å². The number of H-pyrrole nitrogens is 1. The summed E-state index contributed by atoms with van der Waals surface area (Å²) in [7, 11) is 0. The third-order valence-electron chi connectivity index (χ3n) is 2.54. The van der Waals surface area contributed by atoms with Crippen molar-refractivity contribution in [2.24, 2.45) is 0 Å². The quantitative estimate of drug-likeness (QED) is 0.711. The van der Waals surface area contributed by atoms with Crippen molar-refractivity contribution in [1.82, 2.24) is 9.97 Å². The lowest BCUT2D eigenvalue weighted by Crippen LogP contribution is -2.18. The molecule has 0 spiro atoms. The highest BCUT2D eigenvalue weighted by Crippen LogP contribution is 2.26. The van der Waals surface area contributed by atoms with Gasteiger partial charge in [-0.2, -0.15) is 0 Å². The molecule has 1 heterocycles. The van der Waals surface area contributed by atoms with Gasteiger partial charge in [0, 0.05) is 17.8 Å². The first-order valence-electron chi connectivity index (χ1n) is 5.16. The molecule has 2 heteroatoms. The van der Waals surface area contributed by atoms with Crippen LogP contribution < -0.4 is 0 Å². The molecule has 0 radical (unpaired) electrons. The van der Waals surface area contributed by atoms with E-state index in [9.17, 15) is 0 Å². The van der Waals surface area contributed by atoms with Gasteiger partial charge in [0.15, 0.2) is 0 Å². The largest absolute Gasteiger partial charge is 0.348 e. The van der Waals surface area contributed by atoms with Gasteiger partial charge in [0.1, 0.15) is 5.82 Å². The summed E-state index contributed by atoms with van der Waals surface area (Å²) < 4.78 is 0. The first-order chi connectivity index (χ1) is 6.52. The van der Waals surface area contributed by atoms with Gasteiger partial charge in [0.2, 0.25) is 0 Å². The molecule has 0 atom stereocenters. The smallest absolute Gasteiger partial charge is 0.111 e. The first kappa shape index (κ1) is 11.0. The molecule has 0 aliphatic rings. The fourth-order valence-electron chi connectivity index (χ4n) is 1.59. The van der Waals surface area contributed by atoms with E-state index < -0.39 is 0 Å². The molecule has 0 amide bonds. The number of hydrogen-bond acceptors (Lipinski definition) is 1. The molecular weight excluding hydrogens is 172 g/mol. The number of hydrogen-bond donors (Lipinski definition) is 1. The third kappa shape index (κ3) is 3.02. The molecule has 0 bridgehead atoms. The van der Waals surface area contributed by atoms with Crippen LogP contribution in [0.4, 0.5) is 0 Å². The monoisotopic (exact) mass is 192 g/mol. The minimum absolute atomic E-state index is 0.152. The maximum Gasteiger partial charge on any atom is 0.111 e. The lowest BCUT2D eigenvalue weighted by atomic mass is 9.86. The molecule has 0 fully saturated rings. The zero-order valence-corrected chi connectivity index (χ0v) is 9.43. The summed E-state index contributed by atoms with van der Waals surface area (Å²) in [6, 6.07) is 0. The molecule has 1 aromatic heterocycles. The minimum atomic E-state index is 0.152. The molecule has 14 heavy (non-hydrogen) atoms. The third-order valence-corrected chi connectivity index (χ3v) is 2.54. The van der Waals surface area contributed by atoms with Crippen molar-refractivity contribution in [3.63, 3.8) is 0 Å². The lowest BCUT2D eigenvalue weighted by Gasteiger charge is -2.21. The van der Waals surface area contributed by atoms with Crippen LogP contribution in [0.25, 0.3) is 0 Å². The van der Waals surface area contributed by atoms with E-state index in [0.717, 1.165) is 18.7 Å². The van der Waals surface area contributed by atoms with Crippen LogP contribution in [0, 0.1) is 0 Å². The molecule has 0 unspecified atom stereocenters. The van der Waals surface area contributed by atoms with E-state index >= 15 is 0 Å². The summed E-state index contributed by atoms with van der Waals surface area (Å²) >= 11 is 0. The van der Waals surface area contributed by atoms with E-state index in [4.69, 9.17) is 0 Å². The van der Waals surface area contributed by atoms with Gasteiger partial charge in [0.05, 0.1) is 0 Å². The highest BCUT2D eigenvalue weighted by Gasteiger charge is 2.22. The molecular formula is C12H20N2. The average molecular weight is 192 g/mol. The summed E-state index contributed by atoms with van der Waals surface area (Å²) in [6.07, 6.45) is 7.15. The summed E-state index contributed by atoms with van der Waals surface area (Å²) in [4.78, 5) is 7.49. The fraction of sp³-hybridized carbons (Fsp3) is 0.583. The number of allylic oxidation sites excluding steroid dienone is 1. The molecule has 2 nitrogen and oxygen atoms in total. The van der Waals surface area contributed by atoms with Gasteiger partial charge in [-0.05, 0) is 26.2 Å². The topological polar surface area (TPSA) is 28.7 Å². The van der Waals surface area contributed by atoms with Crippen molar-refractivity contribution in [3.05, 3.63) is 30.4 Å². The lowest BCUT2D eigenvalue weighted by molar-refractivity contribution is 0.438. The van der Waals surface area contributed by atoms with Crippen LogP contribution in [0.5, 0.6) is 0 Å². The van der Waals surface area contributed by atoms with Gasteiger partial charge >= 0.3 is 0 Å². The van der Waals surface area contributed by atoms with E-state index in [-0.39, 0.29) is 5.41 Å². The highest BCUT2D eigenvalue weighted by molar-refractivity contribution is 5.04. The second-order valence-electron chi connectivity index (χ2n) is 4.63. The van der Waals surface area contributed by atoms with Crippen LogP contribution in [-0.4, -0.2) is 9.97 Å². The molecule has 1 N–H and O–H groups in total. The second kappa shape index (κ2) is 4.45.